The summed E-state index contributed by atoms with van der Waals surface area (Å²) < 4.78 is 12.4. The van der Waals surface area contributed by atoms with E-state index in [9.17, 15) is 0 Å². The lowest BCUT2D eigenvalue weighted by molar-refractivity contribution is 0.395. The van der Waals surface area contributed by atoms with Crippen molar-refractivity contribution in [3.8, 4) is 35.1 Å². The number of nitrogen functional groups attached to an aromatic ring is 1. The fourth-order valence-electron chi connectivity index (χ4n) is 2.06. The highest BCUT2D eigenvalue weighted by atomic mass is 16.5. The minimum Gasteiger partial charge on any atom is -0.497 e. The summed E-state index contributed by atoms with van der Waals surface area (Å²) in [6.45, 7) is 2.26. The number of imidazole rings is 1. The van der Waals surface area contributed by atoms with Gasteiger partial charge in [-0.3, -0.25) is 0 Å². The summed E-state index contributed by atoms with van der Waals surface area (Å²) in [6.07, 6.45) is 5.34. The van der Waals surface area contributed by atoms with Crippen molar-refractivity contribution in [2.75, 3.05) is 20.0 Å². The average molecular weight is 271 g/mol. The lowest BCUT2D eigenvalue weighted by atomic mass is 10.1. The third kappa shape index (κ3) is 2.28. The highest BCUT2D eigenvalue weighted by molar-refractivity contribution is 5.77. The van der Waals surface area contributed by atoms with E-state index in [0.717, 1.165) is 11.4 Å². The van der Waals surface area contributed by atoms with Gasteiger partial charge in [0.05, 0.1) is 20.8 Å². The largest absolute Gasteiger partial charge is 0.497 e. The average Bonchev–Trinajstić information content (AvgIpc) is 2.75. The van der Waals surface area contributed by atoms with E-state index in [1.165, 1.54) is 0 Å². The normalized spacial score (nSPS) is 10.1. The van der Waals surface area contributed by atoms with E-state index in [1.807, 2.05) is 19.1 Å². The van der Waals surface area contributed by atoms with Crippen LogP contribution in [-0.2, 0) is 6.54 Å². The van der Waals surface area contributed by atoms with Gasteiger partial charge in [0.1, 0.15) is 28.8 Å². The van der Waals surface area contributed by atoms with Crippen molar-refractivity contribution in [3.05, 3.63) is 24.0 Å². The van der Waals surface area contributed by atoms with Gasteiger partial charge in [-0.2, -0.15) is 0 Å². The first kappa shape index (κ1) is 13.8. The molecule has 0 aliphatic heterocycles. The summed E-state index contributed by atoms with van der Waals surface area (Å²) in [6, 6.07) is 5.51. The molecule has 0 saturated heterocycles. The van der Waals surface area contributed by atoms with Gasteiger partial charge in [-0.15, -0.1) is 6.42 Å². The Kier molecular flexibility index (Phi) is 3.85. The number of hydrogen-bond donors (Lipinski definition) is 1. The van der Waals surface area contributed by atoms with Gasteiger partial charge in [0, 0.05) is 11.6 Å². The third-order valence-corrected chi connectivity index (χ3v) is 3.11. The Balaban J connectivity index is 2.57. The molecule has 0 fully saturated rings. The molecule has 1 aromatic heterocycles. The first-order chi connectivity index (χ1) is 9.62. The van der Waals surface area contributed by atoms with Crippen LogP contribution in [0.4, 0.5) is 5.82 Å². The Morgan fingerprint density at radius 3 is 2.70 bits per heavy atom. The monoisotopic (exact) mass is 271 g/mol. The molecule has 0 spiro atoms. The number of aryl methyl sites for hydroxylation is 1. The minimum atomic E-state index is 0.392. The zero-order valence-electron chi connectivity index (χ0n) is 11.8. The number of rotatable bonds is 4. The maximum atomic E-state index is 6.13. The van der Waals surface area contributed by atoms with Crippen LogP contribution in [0.5, 0.6) is 11.5 Å². The Morgan fingerprint density at radius 1 is 1.35 bits per heavy atom. The van der Waals surface area contributed by atoms with Crippen molar-refractivity contribution in [2.45, 2.75) is 13.5 Å². The smallest absolute Gasteiger partial charge is 0.132 e. The third-order valence-electron chi connectivity index (χ3n) is 3.11. The van der Waals surface area contributed by atoms with Gasteiger partial charge in [-0.25, -0.2) is 4.98 Å². The maximum absolute atomic E-state index is 6.13. The van der Waals surface area contributed by atoms with Crippen molar-refractivity contribution in [1.82, 2.24) is 9.55 Å². The number of hydrogen-bond acceptors (Lipinski definition) is 4. The Bertz CT molecular complexity index is 668. The van der Waals surface area contributed by atoms with Crippen LogP contribution in [-0.4, -0.2) is 23.8 Å². The topological polar surface area (TPSA) is 62.3 Å². The van der Waals surface area contributed by atoms with Crippen molar-refractivity contribution < 1.29 is 9.47 Å². The zero-order valence-corrected chi connectivity index (χ0v) is 11.8. The lowest BCUT2D eigenvalue weighted by Crippen LogP contribution is -2.03. The second-order valence-corrected chi connectivity index (χ2v) is 4.25. The molecule has 0 aliphatic rings. The molecular formula is C15H17N3O2. The molecule has 0 aliphatic carbocycles. The number of nitrogens with zero attached hydrogens (tertiary/aromatic N) is 2. The van der Waals surface area contributed by atoms with Gasteiger partial charge in [0.2, 0.25) is 0 Å². The SMILES string of the molecule is C#CCn1c(C)nc(-c2ccc(OC)cc2OC)c1N. The quantitative estimate of drug-likeness (QED) is 0.865. The molecule has 2 rings (SSSR count). The van der Waals surface area contributed by atoms with Crippen LogP contribution in [0.25, 0.3) is 11.3 Å². The molecule has 5 heteroatoms. The predicted molar refractivity (Wildman–Crippen MR) is 78.7 cm³/mol. The molecule has 20 heavy (non-hydrogen) atoms. The maximum Gasteiger partial charge on any atom is 0.132 e. The van der Waals surface area contributed by atoms with Crippen LogP contribution < -0.4 is 15.2 Å². The first-order valence-corrected chi connectivity index (χ1v) is 6.10. The summed E-state index contributed by atoms with van der Waals surface area (Å²) in [5.41, 5.74) is 7.61. The van der Waals surface area contributed by atoms with Gasteiger partial charge in [-0.05, 0) is 19.1 Å². The zero-order chi connectivity index (χ0) is 14.7. The number of aromatic nitrogens is 2. The number of nitrogens with two attached hydrogens (primary N) is 1. The van der Waals surface area contributed by atoms with E-state index in [2.05, 4.69) is 10.9 Å². The van der Waals surface area contributed by atoms with Gasteiger partial charge < -0.3 is 19.8 Å². The van der Waals surface area contributed by atoms with Crippen molar-refractivity contribution in [2.24, 2.45) is 0 Å². The van der Waals surface area contributed by atoms with Crippen LogP contribution in [0.3, 0.4) is 0 Å². The number of ether oxygens (including phenoxy) is 2. The fraction of sp³-hybridized carbons (Fsp3) is 0.267. The van der Waals surface area contributed by atoms with Crippen molar-refractivity contribution >= 4 is 5.82 Å². The van der Waals surface area contributed by atoms with E-state index >= 15 is 0 Å². The molecule has 0 saturated carbocycles. The summed E-state index contributed by atoms with van der Waals surface area (Å²) in [5, 5.41) is 0. The molecule has 104 valence electrons. The van der Waals surface area contributed by atoms with E-state index < -0.39 is 0 Å². The molecule has 0 radical (unpaired) electrons. The molecule has 2 N–H and O–H groups in total. The second-order valence-electron chi connectivity index (χ2n) is 4.25. The molecule has 0 unspecified atom stereocenters. The number of anilines is 1. The Labute approximate surface area is 118 Å². The number of methoxy groups -OCH3 is 2. The van der Waals surface area contributed by atoms with Crippen LogP contribution >= 0.6 is 0 Å². The van der Waals surface area contributed by atoms with Crippen molar-refractivity contribution in [1.29, 1.82) is 0 Å². The summed E-state index contributed by atoms with van der Waals surface area (Å²) in [7, 11) is 3.20. The van der Waals surface area contributed by atoms with Gasteiger partial charge >= 0.3 is 0 Å². The van der Waals surface area contributed by atoms with Gasteiger partial charge in [0.15, 0.2) is 0 Å². The van der Waals surface area contributed by atoms with E-state index in [0.29, 0.717) is 29.6 Å². The molecule has 1 aromatic carbocycles. The van der Waals surface area contributed by atoms with Crippen LogP contribution in [0, 0.1) is 19.3 Å². The first-order valence-electron chi connectivity index (χ1n) is 6.10. The highest BCUT2D eigenvalue weighted by Gasteiger charge is 2.17. The van der Waals surface area contributed by atoms with Crippen LogP contribution in [0.15, 0.2) is 18.2 Å². The minimum absolute atomic E-state index is 0.392. The van der Waals surface area contributed by atoms with E-state index in [1.54, 1.807) is 24.9 Å². The molecular weight excluding hydrogens is 254 g/mol. The Hall–Kier alpha value is -2.61. The molecule has 5 nitrogen and oxygen atoms in total. The Morgan fingerprint density at radius 2 is 2.10 bits per heavy atom. The van der Waals surface area contributed by atoms with Crippen LogP contribution in [0.1, 0.15) is 5.82 Å². The van der Waals surface area contributed by atoms with Crippen LogP contribution in [0.2, 0.25) is 0 Å². The molecule has 1 heterocycles. The number of benzene rings is 1. The summed E-state index contributed by atoms with van der Waals surface area (Å²) in [5.74, 6) is 5.24. The molecule has 0 amide bonds. The molecule has 0 bridgehead atoms. The fourth-order valence-corrected chi connectivity index (χ4v) is 2.06. The highest BCUT2D eigenvalue weighted by Crippen LogP contribution is 2.35. The predicted octanol–water partition coefficient (Wildman–Crippen LogP) is 2.09. The number of terminal acetylenes is 1. The second kappa shape index (κ2) is 5.57. The van der Waals surface area contributed by atoms with Gasteiger partial charge in [0.25, 0.3) is 0 Å². The molecule has 0 atom stereocenters. The van der Waals surface area contributed by atoms with Gasteiger partial charge in [-0.1, -0.05) is 5.92 Å². The standard InChI is InChI=1S/C15H17N3O2/c1-5-8-18-10(2)17-14(15(18)16)12-7-6-11(19-3)9-13(12)20-4/h1,6-7,9H,8,16H2,2-4H3. The molecule has 2 aromatic rings. The lowest BCUT2D eigenvalue weighted by Gasteiger charge is -2.09. The van der Waals surface area contributed by atoms with E-state index in [-0.39, 0.29) is 0 Å². The van der Waals surface area contributed by atoms with E-state index in [4.69, 9.17) is 21.6 Å². The summed E-state index contributed by atoms with van der Waals surface area (Å²) in [4.78, 5) is 4.48. The summed E-state index contributed by atoms with van der Waals surface area (Å²) >= 11 is 0. The van der Waals surface area contributed by atoms with Crippen molar-refractivity contribution in [3.63, 3.8) is 0 Å².